The molecule has 2 bridgehead atoms. The Bertz CT molecular complexity index is 1290. The second kappa shape index (κ2) is 6.59. The summed E-state index contributed by atoms with van der Waals surface area (Å²) in [7, 11) is 0. The molecule has 0 unspecified atom stereocenters. The molecule has 8 rings (SSSR count). The summed E-state index contributed by atoms with van der Waals surface area (Å²) in [6.45, 7) is 6.15. The third-order valence-corrected chi connectivity index (χ3v) is 9.08. The van der Waals surface area contributed by atoms with Crippen LogP contribution in [0.2, 0.25) is 5.02 Å². The number of likely N-dealkylation sites (tertiary alicyclic amines) is 1. The standard InChI is InChI=1S/C25H27ClN6O/c1-23(15-33-16-23)30-4-2-17(3-5-30)20-7-22-18(6-21(20)26)8-29-32(22)19-9-28-31(10-19)25-11-24(12-25,13-25)14-27/h6-10,17H,2-5,11-13,15-16H2,1H3. The lowest BCUT2D eigenvalue weighted by molar-refractivity contribution is -0.153. The SMILES string of the molecule is CC1(N2CCC(c3cc4c(cnn4-c4cnn(C56CC(C#N)(C5)C6)c4)cc3Cl)CC2)COC1. The fourth-order valence-electron chi connectivity index (χ4n) is 6.67. The number of nitrogens with zero attached hydrogens (tertiary/aromatic N) is 6. The van der Waals surface area contributed by atoms with Crippen LogP contribution in [-0.4, -0.2) is 56.3 Å². The highest BCUT2D eigenvalue weighted by atomic mass is 35.5. The fourth-order valence-corrected chi connectivity index (χ4v) is 7.00. The summed E-state index contributed by atoms with van der Waals surface area (Å²) < 4.78 is 9.51. The van der Waals surface area contributed by atoms with E-state index in [9.17, 15) is 5.26 Å². The number of rotatable bonds is 4. The molecule has 5 fully saturated rings. The van der Waals surface area contributed by atoms with Gasteiger partial charge in [-0.05, 0) is 75.7 Å². The topological polar surface area (TPSA) is 71.9 Å². The summed E-state index contributed by atoms with van der Waals surface area (Å²) >= 11 is 6.77. The van der Waals surface area contributed by atoms with Crippen molar-refractivity contribution in [3.63, 3.8) is 0 Å². The van der Waals surface area contributed by atoms with Crippen molar-refractivity contribution < 1.29 is 4.74 Å². The largest absolute Gasteiger partial charge is 0.377 e. The van der Waals surface area contributed by atoms with E-state index in [1.165, 1.54) is 5.56 Å². The minimum atomic E-state index is -0.0885. The third-order valence-electron chi connectivity index (χ3n) is 8.75. The molecule has 7 nitrogen and oxygen atoms in total. The van der Waals surface area contributed by atoms with Crippen LogP contribution in [0.5, 0.6) is 0 Å². The molecule has 5 aliphatic rings. The van der Waals surface area contributed by atoms with E-state index < -0.39 is 0 Å². The zero-order chi connectivity index (χ0) is 22.4. The van der Waals surface area contributed by atoms with Gasteiger partial charge in [-0.3, -0.25) is 9.58 Å². The van der Waals surface area contributed by atoms with E-state index in [-0.39, 0.29) is 16.5 Å². The van der Waals surface area contributed by atoms with E-state index in [2.05, 4.69) is 51.1 Å². The van der Waals surface area contributed by atoms with Gasteiger partial charge in [-0.2, -0.15) is 15.5 Å². The Morgan fingerprint density at radius 2 is 1.88 bits per heavy atom. The van der Waals surface area contributed by atoms with Crippen LogP contribution in [0.15, 0.2) is 30.7 Å². The number of halogens is 1. The van der Waals surface area contributed by atoms with E-state index in [1.807, 2.05) is 17.1 Å². The quantitative estimate of drug-likeness (QED) is 0.579. The molecule has 0 amide bonds. The van der Waals surface area contributed by atoms with Crippen molar-refractivity contribution in [2.24, 2.45) is 5.41 Å². The molecule has 8 heteroatoms. The molecule has 3 saturated carbocycles. The Hall–Kier alpha value is -2.40. The Morgan fingerprint density at radius 1 is 1.12 bits per heavy atom. The molecule has 170 valence electrons. The van der Waals surface area contributed by atoms with Crippen LogP contribution in [0, 0.1) is 16.7 Å². The van der Waals surface area contributed by atoms with Crippen molar-refractivity contribution in [1.29, 1.82) is 5.26 Å². The second-order valence-electron chi connectivity index (χ2n) is 11.0. The first-order valence-electron chi connectivity index (χ1n) is 11.9. The third kappa shape index (κ3) is 2.75. The highest BCUT2D eigenvalue weighted by molar-refractivity contribution is 6.32. The highest BCUT2D eigenvalue weighted by Crippen LogP contribution is 2.70. The molecule has 1 aromatic carbocycles. The molecule has 4 heterocycles. The number of hydrogen-bond acceptors (Lipinski definition) is 5. The van der Waals surface area contributed by atoms with Crippen LogP contribution in [0.1, 0.15) is 50.5 Å². The Morgan fingerprint density at radius 3 is 2.55 bits per heavy atom. The summed E-state index contributed by atoms with van der Waals surface area (Å²) in [6, 6.07) is 6.78. The lowest BCUT2D eigenvalue weighted by Gasteiger charge is -2.66. The summed E-state index contributed by atoms with van der Waals surface area (Å²) in [5.41, 5.74) is 3.42. The van der Waals surface area contributed by atoms with Gasteiger partial charge in [0.25, 0.3) is 0 Å². The van der Waals surface area contributed by atoms with Crippen molar-refractivity contribution in [3.05, 3.63) is 41.3 Å². The van der Waals surface area contributed by atoms with Crippen molar-refractivity contribution in [1.82, 2.24) is 24.5 Å². The van der Waals surface area contributed by atoms with Crippen molar-refractivity contribution in [2.45, 2.75) is 56.0 Å². The number of benzene rings is 1. The first-order chi connectivity index (χ1) is 15.9. The maximum atomic E-state index is 9.33. The zero-order valence-corrected chi connectivity index (χ0v) is 19.6. The molecule has 0 spiro atoms. The lowest BCUT2D eigenvalue weighted by Crippen LogP contribution is -2.67. The van der Waals surface area contributed by atoms with Crippen LogP contribution in [0.4, 0.5) is 0 Å². The van der Waals surface area contributed by atoms with Crippen LogP contribution in [0.25, 0.3) is 16.6 Å². The van der Waals surface area contributed by atoms with Gasteiger partial charge in [0.1, 0.15) is 5.69 Å². The van der Waals surface area contributed by atoms with E-state index in [1.54, 1.807) is 0 Å². The van der Waals surface area contributed by atoms with Crippen molar-refractivity contribution >= 4 is 22.5 Å². The van der Waals surface area contributed by atoms with Gasteiger partial charge in [0.15, 0.2) is 0 Å². The van der Waals surface area contributed by atoms with E-state index in [0.717, 1.165) is 80.0 Å². The van der Waals surface area contributed by atoms with Crippen LogP contribution >= 0.6 is 11.6 Å². The first-order valence-corrected chi connectivity index (χ1v) is 12.3. The number of hydrogen-bond donors (Lipinski definition) is 0. The average molecular weight is 463 g/mol. The summed E-state index contributed by atoms with van der Waals surface area (Å²) in [5.74, 6) is 0.455. The number of aromatic nitrogens is 4. The smallest absolute Gasteiger partial charge is 0.103 e. The Balaban J connectivity index is 1.16. The monoisotopic (exact) mass is 462 g/mol. The van der Waals surface area contributed by atoms with Crippen molar-refractivity contribution in [2.75, 3.05) is 26.3 Å². The molecular formula is C25H27ClN6O. The number of ether oxygens (including phenoxy) is 1. The number of nitriles is 1. The van der Waals surface area contributed by atoms with Gasteiger partial charge in [0, 0.05) is 10.4 Å². The number of piperidine rings is 1. The van der Waals surface area contributed by atoms with E-state index in [4.69, 9.17) is 16.3 Å². The van der Waals surface area contributed by atoms with Gasteiger partial charge in [0.2, 0.25) is 0 Å². The van der Waals surface area contributed by atoms with Gasteiger partial charge >= 0.3 is 0 Å². The maximum absolute atomic E-state index is 9.33. The van der Waals surface area contributed by atoms with Gasteiger partial charge in [-0.25, -0.2) is 4.68 Å². The fraction of sp³-hybridized carbons (Fsp3) is 0.560. The predicted octanol–water partition coefficient (Wildman–Crippen LogP) is 4.25. The normalized spacial score (nSPS) is 30.9. The minimum Gasteiger partial charge on any atom is -0.377 e. The molecule has 0 radical (unpaired) electrons. The summed E-state index contributed by atoms with van der Waals surface area (Å²) in [5, 5.41) is 20.5. The first kappa shape index (κ1) is 20.0. The van der Waals surface area contributed by atoms with Crippen LogP contribution in [0.3, 0.4) is 0 Å². The van der Waals surface area contributed by atoms with Crippen molar-refractivity contribution in [3.8, 4) is 11.8 Å². The Kier molecular flexibility index (Phi) is 4.00. The second-order valence-corrected chi connectivity index (χ2v) is 11.4. The molecule has 3 aliphatic carbocycles. The summed E-state index contributed by atoms with van der Waals surface area (Å²) in [6.07, 6.45) is 10.8. The molecule has 33 heavy (non-hydrogen) atoms. The predicted molar refractivity (Wildman–Crippen MR) is 125 cm³/mol. The van der Waals surface area contributed by atoms with Crippen LogP contribution in [-0.2, 0) is 10.3 Å². The molecule has 0 atom stereocenters. The maximum Gasteiger partial charge on any atom is 0.103 e. The lowest BCUT2D eigenvalue weighted by atomic mass is 9.40. The zero-order valence-electron chi connectivity index (χ0n) is 18.8. The van der Waals surface area contributed by atoms with Gasteiger partial charge in [0.05, 0.1) is 59.9 Å². The summed E-state index contributed by atoms with van der Waals surface area (Å²) in [4.78, 5) is 2.58. The van der Waals surface area contributed by atoms with Gasteiger partial charge < -0.3 is 4.74 Å². The van der Waals surface area contributed by atoms with Gasteiger partial charge in [-0.15, -0.1) is 0 Å². The molecule has 2 saturated heterocycles. The highest BCUT2D eigenvalue weighted by Gasteiger charge is 2.70. The van der Waals surface area contributed by atoms with E-state index in [0.29, 0.717) is 5.92 Å². The molecule has 2 aliphatic heterocycles. The molecule has 0 N–H and O–H groups in total. The van der Waals surface area contributed by atoms with Crippen LogP contribution < -0.4 is 0 Å². The van der Waals surface area contributed by atoms with Gasteiger partial charge in [-0.1, -0.05) is 11.6 Å². The minimum absolute atomic E-state index is 0.0431. The molecular weight excluding hydrogens is 436 g/mol. The number of fused-ring (bicyclic) bond motifs is 1. The van der Waals surface area contributed by atoms with E-state index >= 15 is 0 Å². The average Bonchev–Trinajstić information content (AvgIpc) is 3.37. The molecule has 3 aromatic rings. The molecule has 2 aromatic heterocycles. The Labute approximate surface area is 197 Å².